The Balaban J connectivity index is 1.42. The summed E-state index contributed by atoms with van der Waals surface area (Å²) in [6.07, 6.45) is 4.72. The van der Waals surface area contributed by atoms with Gasteiger partial charge in [0.1, 0.15) is 17.7 Å². The summed E-state index contributed by atoms with van der Waals surface area (Å²) < 4.78 is 0. The predicted octanol–water partition coefficient (Wildman–Crippen LogP) is 2.34. The normalized spacial score (nSPS) is 17.2. The van der Waals surface area contributed by atoms with E-state index in [1.165, 1.54) is 0 Å². The fourth-order valence-electron chi connectivity index (χ4n) is 3.56. The highest BCUT2D eigenvalue weighted by atomic mass is 35.5. The molecule has 0 amide bonds. The Morgan fingerprint density at radius 3 is 2.85 bits per heavy atom. The van der Waals surface area contributed by atoms with Gasteiger partial charge in [-0.2, -0.15) is 0 Å². The van der Waals surface area contributed by atoms with Gasteiger partial charge in [-0.25, -0.2) is 19.9 Å². The van der Waals surface area contributed by atoms with Gasteiger partial charge in [-0.1, -0.05) is 11.6 Å². The van der Waals surface area contributed by atoms with Gasteiger partial charge in [0.25, 0.3) is 0 Å². The smallest absolute Gasteiger partial charge is 0.162 e. The Kier molecular flexibility index (Phi) is 3.38. The van der Waals surface area contributed by atoms with Crippen molar-refractivity contribution in [2.45, 2.75) is 18.4 Å². The summed E-state index contributed by atoms with van der Waals surface area (Å²) in [7, 11) is 0. The van der Waals surface area contributed by atoms with Crippen molar-refractivity contribution in [1.29, 1.82) is 0 Å². The van der Waals surface area contributed by atoms with Gasteiger partial charge in [-0.3, -0.25) is 0 Å². The molecule has 0 aliphatic carbocycles. The summed E-state index contributed by atoms with van der Waals surface area (Å²) >= 11 is 6.07. The van der Waals surface area contributed by atoms with Crippen LogP contribution < -0.4 is 10.6 Å². The molecule has 1 saturated heterocycles. The second-order valence-corrected chi connectivity index (χ2v) is 7.12. The number of aromatic amines is 2. The Bertz CT molecular complexity index is 1090. The maximum Gasteiger partial charge on any atom is 0.162 e. The minimum absolute atomic E-state index is 0.500. The molecule has 132 valence electrons. The zero-order chi connectivity index (χ0) is 17.7. The molecule has 0 saturated carbocycles. The minimum Gasteiger partial charge on any atom is -0.354 e. The van der Waals surface area contributed by atoms with E-state index in [0.717, 1.165) is 59.8 Å². The molecule has 3 aromatic heterocycles. The van der Waals surface area contributed by atoms with Crippen LogP contribution in [-0.2, 0) is 5.54 Å². The maximum atomic E-state index is 6.71. The number of piperidine rings is 1. The van der Waals surface area contributed by atoms with Gasteiger partial charge < -0.3 is 20.6 Å². The van der Waals surface area contributed by atoms with Gasteiger partial charge in [-0.05, 0) is 31.0 Å². The lowest BCUT2D eigenvalue weighted by molar-refractivity contribution is 0.326. The summed E-state index contributed by atoms with van der Waals surface area (Å²) in [6.45, 7) is 1.54. The zero-order valence-electron chi connectivity index (χ0n) is 13.9. The maximum absolute atomic E-state index is 6.71. The number of aromatic nitrogens is 6. The molecule has 0 unspecified atom stereocenters. The van der Waals surface area contributed by atoms with Crippen LogP contribution in [0.25, 0.3) is 22.2 Å². The quantitative estimate of drug-likeness (QED) is 0.500. The average Bonchev–Trinajstić information content (AvgIpc) is 3.28. The third-order valence-corrected chi connectivity index (χ3v) is 5.30. The Labute approximate surface area is 153 Å². The molecule has 0 atom stereocenters. The zero-order valence-corrected chi connectivity index (χ0v) is 14.7. The molecule has 0 radical (unpaired) electrons. The van der Waals surface area contributed by atoms with Crippen LogP contribution in [0, 0.1) is 0 Å². The number of fused-ring (bicyclic) bond motifs is 2. The van der Waals surface area contributed by atoms with Gasteiger partial charge in [0.15, 0.2) is 11.5 Å². The first-order valence-electron chi connectivity index (χ1n) is 8.46. The molecule has 4 aromatic rings. The summed E-state index contributed by atoms with van der Waals surface area (Å²) in [4.78, 5) is 26.2. The molecule has 5 rings (SSSR count). The van der Waals surface area contributed by atoms with E-state index >= 15 is 0 Å². The molecule has 1 aliphatic heterocycles. The lowest BCUT2D eigenvalue weighted by Gasteiger charge is -2.38. The van der Waals surface area contributed by atoms with Crippen molar-refractivity contribution in [3.05, 3.63) is 41.7 Å². The van der Waals surface area contributed by atoms with Gasteiger partial charge in [0, 0.05) is 18.1 Å². The number of anilines is 1. The monoisotopic (exact) mass is 368 g/mol. The molecule has 9 heteroatoms. The molecule has 0 spiro atoms. The third-order valence-electron chi connectivity index (χ3n) is 5.07. The number of halogens is 1. The number of nitrogens with one attached hydrogen (secondary N) is 2. The molecular weight excluding hydrogens is 352 g/mol. The topological polar surface area (TPSA) is 112 Å². The van der Waals surface area contributed by atoms with Gasteiger partial charge in [-0.15, -0.1) is 0 Å². The first-order valence-corrected chi connectivity index (χ1v) is 8.84. The second kappa shape index (κ2) is 5.65. The summed E-state index contributed by atoms with van der Waals surface area (Å²) in [5.41, 5.74) is 9.53. The van der Waals surface area contributed by atoms with E-state index in [1.807, 2.05) is 18.2 Å². The van der Waals surface area contributed by atoms with E-state index in [0.29, 0.717) is 5.02 Å². The van der Waals surface area contributed by atoms with Crippen molar-refractivity contribution >= 4 is 39.6 Å². The molecule has 0 bridgehead atoms. The Morgan fingerprint density at radius 1 is 1.15 bits per heavy atom. The second-order valence-electron chi connectivity index (χ2n) is 6.69. The molecule has 8 nitrogen and oxygen atoms in total. The largest absolute Gasteiger partial charge is 0.354 e. The fraction of sp³-hybridized carbons (Fsp3) is 0.294. The van der Waals surface area contributed by atoms with Crippen molar-refractivity contribution in [1.82, 2.24) is 29.9 Å². The van der Waals surface area contributed by atoms with Crippen LogP contribution in [-0.4, -0.2) is 43.0 Å². The molecule has 26 heavy (non-hydrogen) atoms. The molecule has 1 fully saturated rings. The molecule has 1 aromatic carbocycles. The summed E-state index contributed by atoms with van der Waals surface area (Å²) in [5.74, 6) is 1.65. The number of hydrogen-bond donors (Lipinski definition) is 3. The average molecular weight is 369 g/mol. The summed E-state index contributed by atoms with van der Waals surface area (Å²) in [6, 6.07) is 5.62. The number of rotatable bonds is 2. The van der Waals surface area contributed by atoms with Crippen molar-refractivity contribution in [3.63, 3.8) is 0 Å². The van der Waals surface area contributed by atoms with Crippen molar-refractivity contribution in [3.8, 4) is 0 Å². The van der Waals surface area contributed by atoms with Crippen molar-refractivity contribution < 1.29 is 0 Å². The highest BCUT2D eigenvalue weighted by Gasteiger charge is 2.36. The number of nitrogens with two attached hydrogens (primary N) is 1. The van der Waals surface area contributed by atoms with Crippen molar-refractivity contribution in [2.24, 2.45) is 5.73 Å². The van der Waals surface area contributed by atoms with E-state index in [1.54, 1.807) is 12.7 Å². The Hall–Kier alpha value is -2.71. The van der Waals surface area contributed by atoms with E-state index in [9.17, 15) is 0 Å². The number of imidazole rings is 2. The Morgan fingerprint density at radius 2 is 2.00 bits per heavy atom. The van der Waals surface area contributed by atoms with E-state index in [4.69, 9.17) is 17.3 Å². The first kappa shape index (κ1) is 15.5. The SMILES string of the molecule is NC1(c2nc3ccc(Cl)cc3[nH]2)CCN(c2ncnc3[nH]cnc23)CC1. The van der Waals surface area contributed by atoms with Crippen LogP contribution in [0.4, 0.5) is 5.82 Å². The standard InChI is InChI=1S/C17H17ClN8/c18-10-1-2-11-12(7-10)25-16(24-11)17(19)3-5-26(6-4-17)15-13-14(21-8-20-13)22-9-23-15/h1-2,7-9H,3-6,19H2,(H,24,25)(H,20,21,22,23). The molecule has 1 aliphatic rings. The van der Waals surface area contributed by atoms with Gasteiger partial charge in [0.05, 0.1) is 22.9 Å². The van der Waals surface area contributed by atoms with Crippen LogP contribution >= 0.6 is 11.6 Å². The van der Waals surface area contributed by atoms with Gasteiger partial charge in [0.2, 0.25) is 0 Å². The van der Waals surface area contributed by atoms with Crippen molar-refractivity contribution in [2.75, 3.05) is 18.0 Å². The number of benzene rings is 1. The minimum atomic E-state index is -0.500. The lowest BCUT2D eigenvalue weighted by atomic mass is 9.88. The highest BCUT2D eigenvalue weighted by molar-refractivity contribution is 6.31. The number of nitrogens with zero attached hydrogens (tertiary/aromatic N) is 5. The van der Waals surface area contributed by atoms with E-state index in [2.05, 4.69) is 34.8 Å². The van der Waals surface area contributed by atoms with Crippen LogP contribution in [0.2, 0.25) is 5.02 Å². The van der Waals surface area contributed by atoms with E-state index in [-0.39, 0.29) is 0 Å². The van der Waals surface area contributed by atoms with E-state index < -0.39 is 5.54 Å². The van der Waals surface area contributed by atoms with Crippen LogP contribution in [0.15, 0.2) is 30.9 Å². The molecule has 4 heterocycles. The van der Waals surface area contributed by atoms with Crippen LogP contribution in [0.1, 0.15) is 18.7 Å². The number of H-pyrrole nitrogens is 2. The first-order chi connectivity index (χ1) is 12.6. The number of hydrogen-bond acceptors (Lipinski definition) is 6. The third kappa shape index (κ3) is 2.41. The van der Waals surface area contributed by atoms with Gasteiger partial charge >= 0.3 is 0 Å². The van der Waals surface area contributed by atoms with Crippen LogP contribution in [0.5, 0.6) is 0 Å². The van der Waals surface area contributed by atoms with Crippen LogP contribution in [0.3, 0.4) is 0 Å². The fourth-order valence-corrected chi connectivity index (χ4v) is 3.73. The predicted molar refractivity (Wildman–Crippen MR) is 100 cm³/mol. The summed E-state index contributed by atoms with van der Waals surface area (Å²) in [5, 5.41) is 0.681. The highest BCUT2D eigenvalue weighted by Crippen LogP contribution is 2.33. The molecular formula is C17H17ClN8. The molecule has 4 N–H and O–H groups in total. The lowest BCUT2D eigenvalue weighted by Crippen LogP contribution is -2.49.